The predicted octanol–water partition coefficient (Wildman–Crippen LogP) is 3.67. The van der Waals surface area contributed by atoms with Crippen molar-refractivity contribution < 1.29 is 9.59 Å². The van der Waals surface area contributed by atoms with E-state index in [2.05, 4.69) is 15.8 Å². The van der Waals surface area contributed by atoms with E-state index in [9.17, 15) is 9.59 Å². The molecule has 6 heteroatoms. The minimum absolute atomic E-state index is 0.0116. The van der Waals surface area contributed by atoms with Crippen LogP contribution in [-0.4, -0.2) is 17.5 Å². The number of nitrogens with zero attached hydrogens (tertiary/aromatic N) is 1. The summed E-state index contributed by atoms with van der Waals surface area (Å²) < 4.78 is 0. The Bertz CT molecular complexity index is 890. The molecule has 1 aliphatic heterocycles. The third-order valence-electron chi connectivity index (χ3n) is 4.94. The van der Waals surface area contributed by atoms with Crippen molar-refractivity contribution in [2.45, 2.75) is 45.4 Å². The maximum Gasteiger partial charge on any atom is 0.281 e. The third-order valence-corrected chi connectivity index (χ3v) is 6.18. The average molecular weight is 367 g/mol. The normalized spacial score (nSPS) is 16.5. The van der Waals surface area contributed by atoms with Crippen molar-refractivity contribution in [1.29, 1.82) is 0 Å². The summed E-state index contributed by atoms with van der Waals surface area (Å²) in [5, 5.41) is 7.07. The van der Waals surface area contributed by atoms with Gasteiger partial charge in [0, 0.05) is 10.6 Å². The summed E-state index contributed by atoms with van der Waals surface area (Å²) in [6.07, 6.45) is 6.23. The molecule has 1 aromatic heterocycles. The molecule has 0 saturated heterocycles. The zero-order chi connectivity index (χ0) is 18.1. The molecule has 2 N–H and O–H groups in total. The van der Waals surface area contributed by atoms with Crippen LogP contribution in [0.5, 0.6) is 0 Å². The van der Waals surface area contributed by atoms with E-state index in [1.807, 2.05) is 31.2 Å². The molecular weight excluding hydrogens is 346 g/mol. The molecule has 0 atom stereocenters. The Balaban J connectivity index is 1.46. The van der Waals surface area contributed by atoms with Crippen LogP contribution < -0.4 is 10.7 Å². The third kappa shape index (κ3) is 3.42. The molecule has 2 aromatic rings. The van der Waals surface area contributed by atoms with Gasteiger partial charge in [0.1, 0.15) is 0 Å². The molecule has 0 fully saturated rings. The first-order valence-corrected chi connectivity index (χ1v) is 9.81. The monoisotopic (exact) mass is 367 g/mol. The topological polar surface area (TPSA) is 70.6 Å². The van der Waals surface area contributed by atoms with Gasteiger partial charge in [-0.25, -0.2) is 5.43 Å². The number of aryl methyl sites for hydroxylation is 2. The fraction of sp³-hybridized carbons (Fsp3) is 0.350. The van der Waals surface area contributed by atoms with Crippen molar-refractivity contribution in [3.63, 3.8) is 0 Å². The van der Waals surface area contributed by atoms with Gasteiger partial charge in [-0.2, -0.15) is 5.10 Å². The zero-order valence-corrected chi connectivity index (χ0v) is 15.5. The molecule has 26 heavy (non-hydrogen) atoms. The molecule has 2 amide bonds. The smallest absolute Gasteiger partial charge is 0.281 e. The van der Waals surface area contributed by atoms with Crippen molar-refractivity contribution >= 4 is 34.6 Å². The second-order valence-corrected chi connectivity index (χ2v) is 7.99. The highest BCUT2D eigenvalue weighted by Gasteiger charge is 2.18. The lowest BCUT2D eigenvalue weighted by Crippen LogP contribution is -2.18. The van der Waals surface area contributed by atoms with Gasteiger partial charge < -0.3 is 5.32 Å². The SMILES string of the molecule is C/C(=N\NC(=O)c1cc2c(s1)CCCCC2)c1ccc2c(c1)CC(=O)N2. The van der Waals surface area contributed by atoms with Crippen molar-refractivity contribution in [3.05, 3.63) is 50.7 Å². The standard InChI is InChI=1S/C20H21N3O2S/c1-12(13-7-8-16-15(9-13)11-19(24)21-16)22-23-20(25)18-10-14-5-3-2-4-6-17(14)26-18/h7-10H,2-6,11H2,1H3,(H,21,24)(H,23,25)/b22-12+. The average Bonchev–Trinajstić information content (AvgIpc) is 3.14. The molecule has 2 aliphatic rings. The number of benzene rings is 1. The molecule has 0 spiro atoms. The number of thiophene rings is 1. The molecule has 1 aliphatic carbocycles. The summed E-state index contributed by atoms with van der Waals surface area (Å²) in [7, 11) is 0. The Labute approximate surface area is 156 Å². The summed E-state index contributed by atoms with van der Waals surface area (Å²) in [4.78, 5) is 26.0. The Hall–Kier alpha value is -2.47. The van der Waals surface area contributed by atoms with Gasteiger partial charge in [-0.3, -0.25) is 9.59 Å². The van der Waals surface area contributed by atoms with Gasteiger partial charge in [0.15, 0.2) is 0 Å². The molecule has 4 rings (SSSR count). The zero-order valence-electron chi connectivity index (χ0n) is 14.7. The highest BCUT2D eigenvalue weighted by molar-refractivity contribution is 7.14. The van der Waals surface area contributed by atoms with Crippen molar-refractivity contribution in [3.8, 4) is 0 Å². The van der Waals surface area contributed by atoms with E-state index in [1.54, 1.807) is 11.3 Å². The molecular formula is C20H21N3O2S. The number of hydrogen-bond donors (Lipinski definition) is 2. The molecule has 0 radical (unpaired) electrons. The van der Waals surface area contributed by atoms with E-state index in [1.165, 1.54) is 29.7 Å². The van der Waals surface area contributed by atoms with Gasteiger partial charge in [-0.1, -0.05) is 12.5 Å². The molecule has 1 aromatic carbocycles. The molecule has 134 valence electrons. The second-order valence-electron chi connectivity index (χ2n) is 6.85. The van der Waals surface area contributed by atoms with E-state index >= 15 is 0 Å². The summed E-state index contributed by atoms with van der Waals surface area (Å²) in [6, 6.07) is 7.76. The van der Waals surface area contributed by atoms with E-state index in [-0.39, 0.29) is 11.8 Å². The highest BCUT2D eigenvalue weighted by Crippen LogP contribution is 2.29. The van der Waals surface area contributed by atoms with E-state index in [4.69, 9.17) is 0 Å². The van der Waals surface area contributed by atoms with Gasteiger partial charge in [-0.15, -0.1) is 11.3 Å². The lowest BCUT2D eigenvalue weighted by atomic mass is 10.1. The first kappa shape index (κ1) is 17.0. The number of hydrazone groups is 1. The van der Waals surface area contributed by atoms with Gasteiger partial charge in [0.05, 0.1) is 17.0 Å². The Morgan fingerprint density at radius 3 is 2.88 bits per heavy atom. The summed E-state index contributed by atoms with van der Waals surface area (Å²) >= 11 is 1.59. The maximum absolute atomic E-state index is 12.5. The Morgan fingerprint density at radius 2 is 2.00 bits per heavy atom. The summed E-state index contributed by atoms with van der Waals surface area (Å²) in [5.74, 6) is -0.141. The van der Waals surface area contributed by atoms with Crippen LogP contribution in [0.1, 0.15) is 57.4 Å². The lowest BCUT2D eigenvalue weighted by molar-refractivity contribution is -0.115. The largest absolute Gasteiger partial charge is 0.326 e. The number of carbonyl (C=O) groups is 2. The van der Waals surface area contributed by atoms with Crippen LogP contribution in [0.4, 0.5) is 5.69 Å². The number of amides is 2. The van der Waals surface area contributed by atoms with Crippen molar-refractivity contribution in [1.82, 2.24) is 5.43 Å². The minimum atomic E-state index is -0.152. The van der Waals surface area contributed by atoms with Gasteiger partial charge in [0.25, 0.3) is 5.91 Å². The first-order chi connectivity index (χ1) is 12.6. The molecule has 0 saturated carbocycles. The second kappa shape index (κ2) is 7.03. The van der Waals surface area contributed by atoms with E-state index in [0.717, 1.165) is 40.2 Å². The Kier molecular flexibility index (Phi) is 4.59. The van der Waals surface area contributed by atoms with Crippen molar-refractivity contribution in [2.24, 2.45) is 5.10 Å². The van der Waals surface area contributed by atoms with E-state index in [0.29, 0.717) is 6.42 Å². The summed E-state index contributed by atoms with van der Waals surface area (Å²) in [5.41, 5.74) is 7.45. The number of nitrogens with one attached hydrogen (secondary N) is 2. The molecule has 0 bridgehead atoms. The molecule has 2 heterocycles. The molecule has 5 nitrogen and oxygen atoms in total. The summed E-state index contributed by atoms with van der Waals surface area (Å²) in [6.45, 7) is 1.86. The van der Waals surface area contributed by atoms with Crippen molar-refractivity contribution in [2.75, 3.05) is 5.32 Å². The predicted molar refractivity (Wildman–Crippen MR) is 104 cm³/mol. The van der Waals surface area contributed by atoms with Crippen LogP contribution >= 0.6 is 11.3 Å². The fourth-order valence-corrected chi connectivity index (χ4v) is 4.63. The molecule has 0 unspecified atom stereocenters. The minimum Gasteiger partial charge on any atom is -0.326 e. The number of carbonyl (C=O) groups excluding carboxylic acids is 2. The number of anilines is 1. The first-order valence-electron chi connectivity index (χ1n) is 8.99. The van der Waals surface area contributed by atoms with Crippen LogP contribution in [0, 0.1) is 0 Å². The van der Waals surface area contributed by atoms with E-state index < -0.39 is 0 Å². The quantitative estimate of drug-likeness (QED) is 0.494. The maximum atomic E-state index is 12.5. The number of fused-ring (bicyclic) bond motifs is 2. The van der Waals surface area contributed by atoms with Crippen LogP contribution in [0.3, 0.4) is 0 Å². The van der Waals surface area contributed by atoms with Gasteiger partial charge in [-0.05, 0) is 67.5 Å². The van der Waals surface area contributed by atoms with Crippen LogP contribution in [0.2, 0.25) is 0 Å². The lowest BCUT2D eigenvalue weighted by Gasteiger charge is -2.04. The Morgan fingerprint density at radius 1 is 1.15 bits per heavy atom. The number of rotatable bonds is 3. The van der Waals surface area contributed by atoms with Crippen LogP contribution in [-0.2, 0) is 24.1 Å². The van der Waals surface area contributed by atoms with Crippen LogP contribution in [0.15, 0.2) is 29.4 Å². The van der Waals surface area contributed by atoms with Gasteiger partial charge in [0.2, 0.25) is 5.91 Å². The van der Waals surface area contributed by atoms with Gasteiger partial charge >= 0.3 is 0 Å². The number of hydrogen-bond acceptors (Lipinski definition) is 4. The highest BCUT2D eigenvalue weighted by atomic mass is 32.1. The van der Waals surface area contributed by atoms with Crippen LogP contribution in [0.25, 0.3) is 0 Å². The fourth-order valence-electron chi connectivity index (χ4n) is 3.49.